The smallest absolute Gasteiger partial charge is 0.225 e. The summed E-state index contributed by atoms with van der Waals surface area (Å²) in [5, 5.41) is 2.24. The second-order valence-electron chi connectivity index (χ2n) is 21.0. The molecule has 66 heavy (non-hydrogen) atoms. The number of pyridine rings is 1. The normalized spacial score (nSPS) is 17.7. The Bertz CT molecular complexity index is 3330. The van der Waals surface area contributed by atoms with E-state index in [2.05, 4.69) is 237 Å². The maximum Gasteiger partial charge on any atom is 0.225 e. The van der Waals surface area contributed by atoms with E-state index in [4.69, 9.17) is 9.72 Å². The Morgan fingerprint density at radius 3 is 1.82 bits per heavy atom. The van der Waals surface area contributed by atoms with Gasteiger partial charge in [0.1, 0.15) is 5.82 Å². The van der Waals surface area contributed by atoms with Gasteiger partial charge in [0, 0.05) is 68.5 Å². The second-order valence-corrected chi connectivity index (χ2v) is 21.0. The molecule has 0 N–H and O–H groups in total. The number of nitrogens with zero attached hydrogens (tertiary/aromatic N) is 4. The number of benzene rings is 7. The van der Waals surface area contributed by atoms with E-state index in [9.17, 15) is 0 Å². The molecule has 2 aliphatic heterocycles. The van der Waals surface area contributed by atoms with Crippen molar-refractivity contribution in [3.05, 3.63) is 199 Å². The van der Waals surface area contributed by atoms with Crippen molar-refractivity contribution in [3.8, 4) is 39.6 Å². The van der Waals surface area contributed by atoms with Crippen LogP contribution in [0.5, 0.6) is 11.5 Å². The number of hydrogen-bond acceptors (Lipinski definition) is 2. The fourth-order valence-electron chi connectivity index (χ4n) is 9.84. The van der Waals surface area contributed by atoms with E-state index in [1.54, 1.807) is 0 Å². The van der Waals surface area contributed by atoms with Gasteiger partial charge in [-0.15, -0.1) is 29.1 Å². The topological polar surface area (TPSA) is 27.1 Å². The Morgan fingerprint density at radius 1 is 0.500 bits per heavy atom. The average Bonchev–Trinajstić information content (AvgIpc) is 3.79. The van der Waals surface area contributed by atoms with Crippen LogP contribution in [0.1, 0.15) is 79.0 Å². The van der Waals surface area contributed by atoms with Crippen LogP contribution in [-0.2, 0) is 37.3 Å². The monoisotopic (exact) mass is 1040 g/mol. The van der Waals surface area contributed by atoms with Gasteiger partial charge in [-0.2, -0.15) is 10.7 Å². The molecule has 0 aliphatic carbocycles. The number of quaternary nitrogens is 2. The quantitative estimate of drug-likeness (QED) is 0.0904. The third-order valence-corrected chi connectivity index (χ3v) is 13.6. The van der Waals surface area contributed by atoms with Gasteiger partial charge in [-0.05, 0) is 73.2 Å². The summed E-state index contributed by atoms with van der Waals surface area (Å²) in [4.78, 5) is 4.91. The molecule has 0 radical (unpaired) electrons. The maximum atomic E-state index is 6.99. The molecular formula is C60H55N4OPt-. The Balaban J connectivity index is 0.00000511. The number of aromatic nitrogens is 2. The van der Waals surface area contributed by atoms with Crippen LogP contribution in [0, 0.1) is 18.8 Å². The van der Waals surface area contributed by atoms with Crippen molar-refractivity contribution in [2.24, 2.45) is 0 Å². The van der Waals surface area contributed by atoms with Crippen LogP contribution in [0.3, 0.4) is 0 Å². The van der Waals surface area contributed by atoms with Gasteiger partial charge in [0.15, 0.2) is 12.4 Å². The van der Waals surface area contributed by atoms with Crippen LogP contribution in [-0.4, -0.2) is 9.55 Å². The second kappa shape index (κ2) is 15.5. The van der Waals surface area contributed by atoms with Gasteiger partial charge in [0.25, 0.3) is 0 Å². The van der Waals surface area contributed by atoms with Crippen molar-refractivity contribution in [3.63, 3.8) is 0 Å². The van der Waals surface area contributed by atoms with E-state index in [0.717, 1.165) is 44.4 Å². The Kier molecular flexibility index (Phi) is 10.3. The van der Waals surface area contributed by atoms with Gasteiger partial charge in [0.2, 0.25) is 11.4 Å². The van der Waals surface area contributed by atoms with Gasteiger partial charge in [-0.25, -0.2) is 9.58 Å². The van der Waals surface area contributed by atoms with E-state index in [0.29, 0.717) is 20.7 Å². The molecule has 332 valence electrons. The molecule has 0 spiro atoms. The van der Waals surface area contributed by atoms with E-state index in [1.165, 1.54) is 44.9 Å². The van der Waals surface area contributed by atoms with Crippen LogP contribution in [0.25, 0.3) is 49.9 Å². The summed E-state index contributed by atoms with van der Waals surface area (Å²) in [7, 11) is 0. The van der Waals surface area contributed by atoms with E-state index >= 15 is 0 Å². The standard InChI is InChI=1S/C60H55N4O.Pt/c1-58(2,3)44-24-27-55-56(35-44)64(47-31-42(40-18-12-10-13-19-40)30-46(34-47)60(7,8)9)39-63(55,64)48-32-43(41-20-14-11-15-21-41)33-50(37-48)65-49-25-26-52-51-22-16-17-23-53(51)62(54(52)38-49)57-36-45(28-29-61-57)59(4,5)6;/h10-36,39H,1-9H3;/q-1;/t63?,64-;/m0./s1. The van der Waals surface area contributed by atoms with E-state index < -0.39 is 0 Å². The van der Waals surface area contributed by atoms with Gasteiger partial charge < -0.3 is 9.30 Å². The first kappa shape index (κ1) is 43.8. The van der Waals surface area contributed by atoms with Crippen molar-refractivity contribution in [2.45, 2.75) is 78.6 Å². The summed E-state index contributed by atoms with van der Waals surface area (Å²) >= 11 is 0. The molecule has 2 aromatic heterocycles. The number of fused-ring (bicyclic) bond motifs is 7. The molecule has 2 atom stereocenters. The van der Waals surface area contributed by atoms with Gasteiger partial charge in [-0.3, -0.25) is 0 Å². The van der Waals surface area contributed by atoms with Gasteiger partial charge >= 0.3 is 0 Å². The molecule has 0 saturated carbocycles. The first-order valence-electron chi connectivity index (χ1n) is 22.8. The average molecular weight is 1040 g/mol. The fraction of sp³-hybridized carbons (Fsp3) is 0.200. The summed E-state index contributed by atoms with van der Waals surface area (Å²) < 4.78 is 10.3. The fourth-order valence-corrected chi connectivity index (χ4v) is 9.84. The van der Waals surface area contributed by atoms with Gasteiger partial charge in [0.05, 0.1) is 5.69 Å². The third kappa shape index (κ3) is 6.98. The molecule has 1 unspecified atom stereocenters. The molecule has 7 aromatic carbocycles. The zero-order valence-electron chi connectivity index (χ0n) is 39.2. The van der Waals surface area contributed by atoms with Crippen molar-refractivity contribution >= 4 is 44.6 Å². The van der Waals surface area contributed by atoms with Crippen LogP contribution in [0.4, 0.5) is 22.7 Å². The summed E-state index contributed by atoms with van der Waals surface area (Å²) in [6.07, 6.45) is 1.91. The Morgan fingerprint density at radius 2 is 1.14 bits per heavy atom. The van der Waals surface area contributed by atoms with Gasteiger partial charge in [-0.1, -0.05) is 171 Å². The molecule has 1 saturated heterocycles. The maximum absolute atomic E-state index is 6.99. The first-order chi connectivity index (χ1) is 31.0. The Hall–Kier alpha value is -6.10. The molecule has 4 heterocycles. The minimum absolute atomic E-state index is 0. The summed E-state index contributed by atoms with van der Waals surface area (Å²) in [5.74, 6) is 2.10. The summed E-state index contributed by atoms with van der Waals surface area (Å²) in [5.41, 5.74) is 15.1. The predicted octanol–water partition coefficient (Wildman–Crippen LogP) is 16.1. The zero-order valence-corrected chi connectivity index (χ0v) is 41.5. The summed E-state index contributed by atoms with van der Waals surface area (Å²) in [6.45, 7) is 23.0. The molecule has 0 bridgehead atoms. The number of rotatable bonds is 7. The molecule has 1 fully saturated rings. The van der Waals surface area contributed by atoms with Crippen molar-refractivity contribution in [2.75, 3.05) is 0 Å². The number of ether oxygens (including phenoxy) is 1. The first-order valence-corrected chi connectivity index (χ1v) is 22.8. The van der Waals surface area contributed by atoms with Crippen molar-refractivity contribution in [1.29, 1.82) is 0 Å². The largest absolute Gasteiger partial charge is 0.509 e. The SMILES string of the molecule is CC(C)(C)c1cc(-c2ccccc2)cc([N@+]23[CH-][N+]2(c2[c-]c(Oc4[c-]c5c(cc4)c4ccccc4n5-c4cc(C(C)(C)C)ccn4)cc(-c4ccccc4)c2)c2ccc(C(C)(C)C)cc23)c1.[Pt]. The Labute approximate surface area is 404 Å². The molecule has 2 aliphatic rings. The van der Waals surface area contributed by atoms with Crippen LogP contribution in [0.15, 0.2) is 164 Å². The molecule has 0 amide bonds. The van der Waals surface area contributed by atoms with Crippen LogP contribution >= 0.6 is 0 Å². The number of hydrogen-bond donors (Lipinski definition) is 0. The van der Waals surface area contributed by atoms with Crippen molar-refractivity contribution < 1.29 is 25.8 Å². The number of para-hydroxylation sites is 1. The van der Waals surface area contributed by atoms with Crippen LogP contribution in [0.2, 0.25) is 0 Å². The summed E-state index contributed by atoms with van der Waals surface area (Å²) in [6, 6.07) is 64.7. The minimum atomic E-state index is -0.0698. The minimum Gasteiger partial charge on any atom is -0.509 e. The molecule has 9 aromatic rings. The zero-order chi connectivity index (χ0) is 45.1. The van der Waals surface area contributed by atoms with E-state index in [-0.39, 0.29) is 37.3 Å². The molecule has 5 nitrogen and oxygen atoms in total. The third-order valence-electron chi connectivity index (χ3n) is 13.6. The molecule has 6 heteroatoms. The van der Waals surface area contributed by atoms with Crippen molar-refractivity contribution in [1.82, 2.24) is 18.7 Å². The molecule has 11 rings (SSSR count). The van der Waals surface area contributed by atoms with Crippen LogP contribution < -0.4 is 13.9 Å². The van der Waals surface area contributed by atoms with E-state index in [1.807, 2.05) is 12.3 Å². The molecular weight excluding hydrogens is 988 g/mol. The predicted molar refractivity (Wildman–Crippen MR) is 270 cm³/mol.